The fourth-order valence-electron chi connectivity index (χ4n) is 2.03. The first kappa shape index (κ1) is 10.7. The first-order valence-electron chi connectivity index (χ1n) is 5.45. The Labute approximate surface area is 95.3 Å². The van der Waals surface area contributed by atoms with Crippen molar-refractivity contribution in [2.45, 2.75) is 20.3 Å². The van der Waals surface area contributed by atoms with Crippen LogP contribution in [-0.4, -0.2) is 14.9 Å². The van der Waals surface area contributed by atoms with Crippen LogP contribution in [0.1, 0.15) is 18.1 Å². The number of aromatic hydroxyl groups is 1. The van der Waals surface area contributed by atoms with E-state index in [0.717, 1.165) is 23.2 Å². The third-order valence-electron chi connectivity index (χ3n) is 2.77. The van der Waals surface area contributed by atoms with E-state index in [4.69, 9.17) is 0 Å². The molecule has 0 bridgehead atoms. The smallest absolute Gasteiger partial charge is 0.234 e. The summed E-state index contributed by atoms with van der Waals surface area (Å²) in [5, 5.41) is 13.8. The minimum atomic E-state index is 0.140. The maximum absolute atomic E-state index is 9.71. The van der Waals surface area contributed by atoms with E-state index in [-0.39, 0.29) is 5.88 Å². The van der Waals surface area contributed by atoms with Crippen molar-refractivity contribution in [2.75, 3.05) is 0 Å². The summed E-state index contributed by atoms with van der Waals surface area (Å²) in [6.45, 7) is 4.08. The van der Waals surface area contributed by atoms with Gasteiger partial charge in [0.15, 0.2) is 0 Å². The van der Waals surface area contributed by atoms with Crippen LogP contribution in [0.25, 0.3) is 11.3 Å². The molecular weight excluding hydrogens is 200 g/mol. The van der Waals surface area contributed by atoms with E-state index < -0.39 is 0 Å². The third kappa shape index (κ3) is 1.69. The number of hydrogen-bond donors (Lipinski definition) is 1. The van der Waals surface area contributed by atoms with Crippen molar-refractivity contribution in [3.63, 3.8) is 0 Å². The number of aryl methyl sites for hydroxylation is 2. The van der Waals surface area contributed by atoms with Gasteiger partial charge >= 0.3 is 0 Å². The lowest BCUT2D eigenvalue weighted by molar-refractivity contribution is 0.439. The van der Waals surface area contributed by atoms with Crippen LogP contribution < -0.4 is 0 Å². The molecule has 2 rings (SSSR count). The van der Waals surface area contributed by atoms with Gasteiger partial charge in [-0.15, -0.1) is 5.10 Å². The monoisotopic (exact) mass is 216 g/mol. The standard InChI is InChI=1S/C13H16N2O/c1-4-11-12(15(3)14-13(11)16)10-7-5-6-9(2)8-10/h5-8H,4H2,1-3H3,(H,14,16). The average Bonchev–Trinajstić information content (AvgIpc) is 2.52. The van der Waals surface area contributed by atoms with Crippen molar-refractivity contribution in [1.82, 2.24) is 9.78 Å². The predicted molar refractivity (Wildman–Crippen MR) is 64.4 cm³/mol. The molecule has 1 heterocycles. The molecule has 0 radical (unpaired) electrons. The van der Waals surface area contributed by atoms with E-state index in [1.165, 1.54) is 5.56 Å². The lowest BCUT2D eigenvalue weighted by Crippen LogP contribution is -1.95. The van der Waals surface area contributed by atoms with Gasteiger partial charge < -0.3 is 5.11 Å². The van der Waals surface area contributed by atoms with Crippen molar-refractivity contribution in [3.8, 4) is 17.1 Å². The largest absolute Gasteiger partial charge is 0.492 e. The summed E-state index contributed by atoms with van der Waals surface area (Å²) in [6.07, 6.45) is 0.781. The molecule has 1 aromatic carbocycles. The van der Waals surface area contributed by atoms with Gasteiger partial charge in [-0.1, -0.05) is 30.7 Å². The maximum Gasteiger partial charge on any atom is 0.234 e. The van der Waals surface area contributed by atoms with Crippen molar-refractivity contribution < 1.29 is 5.11 Å². The molecule has 0 aliphatic carbocycles. The molecule has 3 heteroatoms. The van der Waals surface area contributed by atoms with Gasteiger partial charge in [0.1, 0.15) is 0 Å². The Kier molecular flexibility index (Phi) is 2.69. The number of aromatic nitrogens is 2. The summed E-state index contributed by atoms with van der Waals surface area (Å²) < 4.78 is 1.74. The lowest BCUT2D eigenvalue weighted by atomic mass is 10.0. The average molecular weight is 216 g/mol. The van der Waals surface area contributed by atoms with Crippen molar-refractivity contribution >= 4 is 0 Å². The third-order valence-corrected chi connectivity index (χ3v) is 2.77. The molecule has 0 fully saturated rings. The van der Waals surface area contributed by atoms with Crippen LogP contribution in [0.2, 0.25) is 0 Å². The lowest BCUT2D eigenvalue weighted by Gasteiger charge is -2.05. The number of benzene rings is 1. The Balaban J connectivity index is 2.63. The van der Waals surface area contributed by atoms with Gasteiger partial charge in [0.2, 0.25) is 5.88 Å². The zero-order valence-electron chi connectivity index (χ0n) is 9.86. The molecular formula is C13H16N2O. The summed E-state index contributed by atoms with van der Waals surface area (Å²) in [7, 11) is 1.86. The van der Waals surface area contributed by atoms with Crippen LogP contribution in [0, 0.1) is 6.92 Å². The molecule has 2 aromatic rings. The zero-order valence-corrected chi connectivity index (χ0v) is 9.86. The van der Waals surface area contributed by atoms with Gasteiger partial charge in [-0.25, -0.2) is 0 Å². The van der Waals surface area contributed by atoms with Gasteiger partial charge in [0.25, 0.3) is 0 Å². The van der Waals surface area contributed by atoms with Gasteiger partial charge in [0.05, 0.1) is 5.69 Å². The normalized spacial score (nSPS) is 10.7. The minimum Gasteiger partial charge on any atom is -0.492 e. The summed E-state index contributed by atoms with van der Waals surface area (Å²) in [5.41, 5.74) is 4.23. The molecule has 0 atom stereocenters. The fourth-order valence-corrected chi connectivity index (χ4v) is 2.03. The summed E-state index contributed by atoms with van der Waals surface area (Å²) in [4.78, 5) is 0. The summed E-state index contributed by atoms with van der Waals surface area (Å²) in [6, 6.07) is 8.23. The second-order valence-electron chi connectivity index (χ2n) is 4.00. The van der Waals surface area contributed by atoms with Gasteiger partial charge in [0, 0.05) is 18.2 Å². The Morgan fingerprint density at radius 2 is 2.12 bits per heavy atom. The highest BCUT2D eigenvalue weighted by Crippen LogP contribution is 2.30. The van der Waals surface area contributed by atoms with Crippen molar-refractivity contribution in [3.05, 3.63) is 35.4 Å². The minimum absolute atomic E-state index is 0.140. The van der Waals surface area contributed by atoms with Crippen LogP contribution in [0.4, 0.5) is 0 Å². The molecule has 0 aliphatic heterocycles. The Bertz CT molecular complexity index is 515. The molecule has 16 heavy (non-hydrogen) atoms. The predicted octanol–water partition coefficient (Wildman–Crippen LogP) is 2.66. The summed E-state index contributed by atoms with van der Waals surface area (Å²) in [5.74, 6) is 0.140. The van der Waals surface area contributed by atoms with E-state index in [1.54, 1.807) is 4.68 Å². The maximum atomic E-state index is 9.71. The molecule has 1 aromatic heterocycles. The Hall–Kier alpha value is -1.77. The van der Waals surface area contributed by atoms with Gasteiger partial charge in [-0.3, -0.25) is 4.68 Å². The van der Waals surface area contributed by atoms with Crippen LogP contribution in [0.5, 0.6) is 5.88 Å². The van der Waals surface area contributed by atoms with Crippen LogP contribution in [0.15, 0.2) is 24.3 Å². The fraction of sp³-hybridized carbons (Fsp3) is 0.308. The Morgan fingerprint density at radius 3 is 2.75 bits per heavy atom. The van der Waals surface area contributed by atoms with Gasteiger partial charge in [-0.05, 0) is 19.4 Å². The van der Waals surface area contributed by atoms with E-state index in [9.17, 15) is 5.11 Å². The Morgan fingerprint density at radius 1 is 1.38 bits per heavy atom. The van der Waals surface area contributed by atoms with E-state index in [1.807, 2.05) is 26.1 Å². The number of hydrogen-bond acceptors (Lipinski definition) is 2. The topological polar surface area (TPSA) is 38.1 Å². The quantitative estimate of drug-likeness (QED) is 0.838. The molecule has 0 saturated heterocycles. The van der Waals surface area contributed by atoms with E-state index >= 15 is 0 Å². The molecule has 0 spiro atoms. The highest BCUT2D eigenvalue weighted by molar-refractivity contribution is 5.66. The van der Waals surface area contributed by atoms with Gasteiger partial charge in [-0.2, -0.15) is 0 Å². The second-order valence-corrected chi connectivity index (χ2v) is 4.00. The molecule has 3 nitrogen and oxygen atoms in total. The molecule has 84 valence electrons. The molecule has 0 saturated carbocycles. The van der Waals surface area contributed by atoms with Crippen LogP contribution in [0.3, 0.4) is 0 Å². The highest BCUT2D eigenvalue weighted by atomic mass is 16.3. The SMILES string of the molecule is CCc1c(O)nn(C)c1-c1cccc(C)c1. The van der Waals surface area contributed by atoms with Crippen molar-refractivity contribution in [2.24, 2.45) is 7.05 Å². The molecule has 0 unspecified atom stereocenters. The van der Waals surface area contributed by atoms with E-state index in [2.05, 4.69) is 24.2 Å². The van der Waals surface area contributed by atoms with Crippen LogP contribution in [-0.2, 0) is 13.5 Å². The zero-order chi connectivity index (χ0) is 11.7. The first-order valence-corrected chi connectivity index (χ1v) is 5.45. The second kappa shape index (κ2) is 4.00. The number of nitrogens with zero attached hydrogens (tertiary/aromatic N) is 2. The molecule has 1 N–H and O–H groups in total. The summed E-state index contributed by atoms with van der Waals surface area (Å²) >= 11 is 0. The van der Waals surface area contributed by atoms with Crippen molar-refractivity contribution in [1.29, 1.82) is 0 Å². The molecule has 0 aliphatic rings. The highest BCUT2D eigenvalue weighted by Gasteiger charge is 2.15. The first-order chi connectivity index (χ1) is 7.63. The van der Waals surface area contributed by atoms with E-state index in [0.29, 0.717) is 0 Å². The molecule has 0 amide bonds. The van der Waals surface area contributed by atoms with Crippen LogP contribution >= 0.6 is 0 Å². The number of rotatable bonds is 2.